The number of piperidine rings is 1. The molecule has 104 valence electrons. The second kappa shape index (κ2) is 5.96. The minimum absolute atomic E-state index is 0.678. The normalized spacial score (nSPS) is 21.1. The minimum Gasteiger partial charge on any atom is -0.493 e. The highest BCUT2D eigenvalue weighted by Gasteiger charge is 2.21. The lowest BCUT2D eigenvalue weighted by Crippen LogP contribution is -2.27. The van der Waals surface area contributed by atoms with Gasteiger partial charge in [0.15, 0.2) is 0 Å². The van der Waals surface area contributed by atoms with Crippen LogP contribution in [0.2, 0.25) is 0 Å². The van der Waals surface area contributed by atoms with Gasteiger partial charge in [0.25, 0.3) is 0 Å². The van der Waals surface area contributed by atoms with Crippen molar-refractivity contribution in [3.05, 3.63) is 29.3 Å². The molecule has 1 aromatic carbocycles. The van der Waals surface area contributed by atoms with Crippen LogP contribution in [0, 0.1) is 12.8 Å². The molecular formula is C17H25NO. The van der Waals surface area contributed by atoms with Gasteiger partial charge in [-0.3, -0.25) is 0 Å². The van der Waals surface area contributed by atoms with Gasteiger partial charge in [-0.1, -0.05) is 24.1 Å². The van der Waals surface area contributed by atoms with Crippen molar-refractivity contribution in [2.24, 2.45) is 5.92 Å². The summed E-state index contributed by atoms with van der Waals surface area (Å²) in [5.41, 5.74) is 2.80. The Balaban J connectivity index is 1.73. The molecule has 1 aliphatic heterocycles. The summed E-state index contributed by atoms with van der Waals surface area (Å²) in [5, 5.41) is 3.45. The van der Waals surface area contributed by atoms with Crippen LogP contribution in [0.25, 0.3) is 0 Å². The van der Waals surface area contributed by atoms with Crippen molar-refractivity contribution in [3.8, 4) is 5.75 Å². The van der Waals surface area contributed by atoms with Crippen molar-refractivity contribution < 1.29 is 4.74 Å². The molecule has 2 nitrogen and oxygen atoms in total. The fourth-order valence-corrected chi connectivity index (χ4v) is 3.12. The molecule has 0 amide bonds. The Morgan fingerprint density at radius 3 is 2.63 bits per heavy atom. The molecule has 0 atom stereocenters. The number of ether oxygens (including phenoxy) is 1. The van der Waals surface area contributed by atoms with Gasteiger partial charge in [-0.05, 0) is 69.2 Å². The lowest BCUT2D eigenvalue weighted by atomic mass is 9.86. The molecule has 2 aliphatic rings. The summed E-state index contributed by atoms with van der Waals surface area (Å²) in [6.07, 6.45) is 6.58. The van der Waals surface area contributed by atoms with E-state index in [-0.39, 0.29) is 0 Å². The zero-order valence-electron chi connectivity index (χ0n) is 12.0. The first kappa shape index (κ1) is 13.0. The van der Waals surface area contributed by atoms with Crippen LogP contribution < -0.4 is 10.1 Å². The molecule has 19 heavy (non-hydrogen) atoms. The molecule has 0 radical (unpaired) electrons. The van der Waals surface area contributed by atoms with E-state index in [0.717, 1.165) is 31.4 Å². The average Bonchev–Trinajstić information content (AvgIpc) is 2.39. The van der Waals surface area contributed by atoms with Gasteiger partial charge < -0.3 is 10.1 Å². The van der Waals surface area contributed by atoms with Crippen LogP contribution in [0.3, 0.4) is 0 Å². The molecule has 1 heterocycles. The quantitative estimate of drug-likeness (QED) is 0.891. The lowest BCUT2D eigenvalue weighted by molar-refractivity contribution is 0.178. The molecule has 0 unspecified atom stereocenters. The first-order chi connectivity index (χ1) is 9.33. The number of benzene rings is 1. The molecule has 2 heteroatoms. The lowest BCUT2D eigenvalue weighted by Gasteiger charge is -2.28. The van der Waals surface area contributed by atoms with Gasteiger partial charge in [0, 0.05) is 0 Å². The number of aryl methyl sites for hydroxylation is 1. The summed E-state index contributed by atoms with van der Waals surface area (Å²) in [4.78, 5) is 0. The van der Waals surface area contributed by atoms with Crippen molar-refractivity contribution in [3.63, 3.8) is 0 Å². The van der Waals surface area contributed by atoms with Crippen molar-refractivity contribution in [1.82, 2.24) is 5.32 Å². The smallest absolute Gasteiger partial charge is 0.122 e. The summed E-state index contributed by atoms with van der Waals surface area (Å²) in [5.74, 6) is 2.63. The van der Waals surface area contributed by atoms with E-state index in [1.807, 2.05) is 0 Å². The van der Waals surface area contributed by atoms with Crippen molar-refractivity contribution in [1.29, 1.82) is 0 Å². The standard InChI is InChI=1S/C17H25NO/c1-13-5-6-17(19-12-14-3-2-4-14)16(11-13)15-7-9-18-10-8-15/h5-6,11,14-15,18H,2-4,7-10,12H2,1H3. The zero-order chi connectivity index (χ0) is 13.1. The molecule has 1 N–H and O–H groups in total. The maximum Gasteiger partial charge on any atom is 0.122 e. The number of rotatable bonds is 4. The van der Waals surface area contributed by atoms with Gasteiger partial charge in [-0.25, -0.2) is 0 Å². The van der Waals surface area contributed by atoms with Crippen LogP contribution in [0.4, 0.5) is 0 Å². The fraction of sp³-hybridized carbons (Fsp3) is 0.647. The molecule has 0 aromatic heterocycles. The van der Waals surface area contributed by atoms with Gasteiger partial charge in [0.1, 0.15) is 5.75 Å². The van der Waals surface area contributed by atoms with Gasteiger partial charge in [-0.2, -0.15) is 0 Å². The predicted molar refractivity (Wildman–Crippen MR) is 78.9 cm³/mol. The fourth-order valence-electron chi connectivity index (χ4n) is 3.12. The van der Waals surface area contributed by atoms with E-state index in [1.165, 1.54) is 43.2 Å². The van der Waals surface area contributed by atoms with E-state index >= 15 is 0 Å². The van der Waals surface area contributed by atoms with E-state index < -0.39 is 0 Å². The van der Waals surface area contributed by atoms with E-state index in [4.69, 9.17) is 4.74 Å². The molecule has 1 aliphatic carbocycles. The monoisotopic (exact) mass is 259 g/mol. The molecule has 0 bridgehead atoms. The molecule has 1 saturated carbocycles. The third-order valence-electron chi connectivity index (χ3n) is 4.64. The first-order valence-corrected chi connectivity index (χ1v) is 7.77. The maximum absolute atomic E-state index is 6.13. The SMILES string of the molecule is Cc1ccc(OCC2CCC2)c(C2CCNCC2)c1. The Hall–Kier alpha value is -1.02. The van der Waals surface area contributed by atoms with Crippen LogP contribution in [0.15, 0.2) is 18.2 Å². The Labute approximate surface area is 116 Å². The Kier molecular flexibility index (Phi) is 4.07. The van der Waals surface area contributed by atoms with Crippen LogP contribution in [-0.4, -0.2) is 19.7 Å². The predicted octanol–water partition coefficient (Wildman–Crippen LogP) is 3.64. The van der Waals surface area contributed by atoms with E-state index in [2.05, 4.69) is 30.4 Å². The second-order valence-corrected chi connectivity index (χ2v) is 6.17. The van der Waals surface area contributed by atoms with E-state index in [0.29, 0.717) is 5.92 Å². The molecule has 1 saturated heterocycles. The number of nitrogens with one attached hydrogen (secondary N) is 1. The third kappa shape index (κ3) is 3.11. The van der Waals surface area contributed by atoms with Gasteiger partial charge in [0.05, 0.1) is 6.61 Å². The van der Waals surface area contributed by atoms with Crippen molar-refractivity contribution >= 4 is 0 Å². The summed E-state index contributed by atoms with van der Waals surface area (Å²) in [7, 11) is 0. The highest BCUT2D eigenvalue weighted by Crippen LogP contribution is 2.35. The Morgan fingerprint density at radius 1 is 1.16 bits per heavy atom. The number of hydrogen-bond donors (Lipinski definition) is 1. The molecule has 3 rings (SSSR count). The van der Waals surface area contributed by atoms with Crippen LogP contribution in [0.5, 0.6) is 5.75 Å². The van der Waals surface area contributed by atoms with Gasteiger partial charge >= 0.3 is 0 Å². The van der Waals surface area contributed by atoms with E-state index in [9.17, 15) is 0 Å². The topological polar surface area (TPSA) is 21.3 Å². The van der Waals surface area contributed by atoms with Crippen LogP contribution >= 0.6 is 0 Å². The van der Waals surface area contributed by atoms with Gasteiger partial charge in [0.2, 0.25) is 0 Å². The highest BCUT2D eigenvalue weighted by atomic mass is 16.5. The molecular weight excluding hydrogens is 234 g/mol. The minimum atomic E-state index is 0.678. The van der Waals surface area contributed by atoms with Crippen LogP contribution in [-0.2, 0) is 0 Å². The maximum atomic E-state index is 6.13. The molecule has 1 aromatic rings. The Bertz CT molecular complexity index is 419. The largest absolute Gasteiger partial charge is 0.493 e. The van der Waals surface area contributed by atoms with Crippen molar-refractivity contribution in [2.75, 3.05) is 19.7 Å². The van der Waals surface area contributed by atoms with Crippen molar-refractivity contribution in [2.45, 2.75) is 44.9 Å². The van der Waals surface area contributed by atoms with Crippen LogP contribution in [0.1, 0.15) is 49.1 Å². The second-order valence-electron chi connectivity index (χ2n) is 6.17. The summed E-state index contributed by atoms with van der Waals surface area (Å²) in [6, 6.07) is 6.71. The highest BCUT2D eigenvalue weighted by molar-refractivity contribution is 5.39. The summed E-state index contributed by atoms with van der Waals surface area (Å²) in [6.45, 7) is 5.38. The average molecular weight is 259 g/mol. The summed E-state index contributed by atoms with van der Waals surface area (Å²) >= 11 is 0. The zero-order valence-corrected chi connectivity index (χ0v) is 12.0. The third-order valence-corrected chi connectivity index (χ3v) is 4.64. The Morgan fingerprint density at radius 2 is 1.95 bits per heavy atom. The number of hydrogen-bond acceptors (Lipinski definition) is 2. The molecule has 2 fully saturated rings. The molecule has 0 spiro atoms. The van der Waals surface area contributed by atoms with Gasteiger partial charge in [-0.15, -0.1) is 0 Å². The summed E-state index contributed by atoms with van der Waals surface area (Å²) < 4.78 is 6.13. The first-order valence-electron chi connectivity index (χ1n) is 7.77. The van der Waals surface area contributed by atoms with E-state index in [1.54, 1.807) is 0 Å².